The number of rotatable bonds is 3. The Labute approximate surface area is 55.3 Å². The maximum absolute atomic E-state index is 10.2. The maximum atomic E-state index is 10.2. The van der Waals surface area contributed by atoms with Crippen molar-refractivity contribution in [1.29, 1.82) is 0 Å². The summed E-state index contributed by atoms with van der Waals surface area (Å²) in [7, 11) is 3.72. The third kappa shape index (κ3) is 3.97. The van der Waals surface area contributed by atoms with Crippen LogP contribution >= 0.6 is 0 Å². The number of carbonyl (C=O) groups is 1. The van der Waals surface area contributed by atoms with E-state index in [2.05, 4.69) is 0 Å². The van der Waals surface area contributed by atoms with Crippen LogP contribution < -0.4 is 0 Å². The maximum Gasteiger partial charge on any atom is 0.307 e. The summed E-state index contributed by atoms with van der Waals surface area (Å²) in [6.45, 7) is 2.30. The highest BCUT2D eigenvalue weighted by atomic mass is 16.4. The van der Waals surface area contributed by atoms with Crippen molar-refractivity contribution in [2.45, 2.75) is 6.92 Å². The van der Waals surface area contributed by atoms with Crippen molar-refractivity contribution >= 4 is 5.97 Å². The average molecular weight is 131 g/mol. The van der Waals surface area contributed by atoms with Crippen LogP contribution in [0.2, 0.25) is 0 Å². The largest absolute Gasteiger partial charge is 0.481 e. The molecule has 0 radical (unpaired) electrons. The molecule has 0 bridgehead atoms. The van der Waals surface area contributed by atoms with E-state index in [0.717, 1.165) is 0 Å². The van der Waals surface area contributed by atoms with E-state index in [0.29, 0.717) is 6.54 Å². The molecule has 1 N–H and O–H groups in total. The van der Waals surface area contributed by atoms with E-state index in [4.69, 9.17) is 5.11 Å². The fourth-order valence-corrected chi connectivity index (χ4v) is 0.626. The number of hydrogen-bond acceptors (Lipinski definition) is 2. The molecular weight excluding hydrogens is 118 g/mol. The molecule has 0 rings (SSSR count). The molecule has 1 unspecified atom stereocenters. The fourth-order valence-electron chi connectivity index (χ4n) is 0.626. The van der Waals surface area contributed by atoms with Gasteiger partial charge in [-0.15, -0.1) is 0 Å². The molecule has 0 amide bonds. The van der Waals surface area contributed by atoms with Gasteiger partial charge in [-0.25, -0.2) is 0 Å². The number of carboxylic acids is 1. The minimum absolute atomic E-state index is 0.264. The number of nitrogens with zero attached hydrogens (tertiary/aromatic N) is 1. The highest BCUT2D eigenvalue weighted by Gasteiger charge is 2.10. The lowest BCUT2D eigenvalue weighted by Gasteiger charge is -2.11. The molecule has 3 heteroatoms. The van der Waals surface area contributed by atoms with Gasteiger partial charge in [0.15, 0.2) is 0 Å². The monoisotopic (exact) mass is 131 g/mol. The second-order valence-corrected chi connectivity index (χ2v) is 2.50. The number of carboxylic acid groups (broad SMARTS) is 1. The smallest absolute Gasteiger partial charge is 0.307 e. The van der Waals surface area contributed by atoms with Gasteiger partial charge >= 0.3 is 5.97 Å². The lowest BCUT2D eigenvalue weighted by atomic mass is 10.2. The van der Waals surface area contributed by atoms with Gasteiger partial charge in [-0.2, -0.15) is 0 Å². The van der Waals surface area contributed by atoms with E-state index in [1.54, 1.807) is 6.92 Å². The minimum Gasteiger partial charge on any atom is -0.481 e. The minimum atomic E-state index is -0.733. The molecule has 0 spiro atoms. The molecule has 0 saturated heterocycles. The third-order valence-electron chi connectivity index (χ3n) is 1.06. The Morgan fingerprint density at radius 1 is 1.67 bits per heavy atom. The summed E-state index contributed by atoms with van der Waals surface area (Å²) in [5, 5.41) is 8.40. The van der Waals surface area contributed by atoms with Crippen LogP contribution in [-0.4, -0.2) is 36.6 Å². The average Bonchev–Trinajstić information content (AvgIpc) is 1.63. The van der Waals surface area contributed by atoms with Crippen molar-refractivity contribution < 1.29 is 9.90 Å². The summed E-state index contributed by atoms with van der Waals surface area (Å²) in [5.41, 5.74) is 0. The summed E-state index contributed by atoms with van der Waals surface area (Å²) in [6.07, 6.45) is 0. The Balaban J connectivity index is 3.50. The highest BCUT2D eigenvalue weighted by molar-refractivity contribution is 5.69. The van der Waals surface area contributed by atoms with Gasteiger partial charge in [0.05, 0.1) is 5.92 Å². The van der Waals surface area contributed by atoms with Gasteiger partial charge in [-0.3, -0.25) is 4.79 Å². The predicted octanol–water partition coefficient (Wildman–Crippen LogP) is 0.269. The van der Waals surface area contributed by atoms with Crippen LogP contribution in [0.1, 0.15) is 6.92 Å². The summed E-state index contributed by atoms with van der Waals surface area (Å²) < 4.78 is 0. The van der Waals surface area contributed by atoms with Gasteiger partial charge in [0.1, 0.15) is 0 Å². The second-order valence-electron chi connectivity index (χ2n) is 2.50. The Morgan fingerprint density at radius 2 is 2.11 bits per heavy atom. The van der Waals surface area contributed by atoms with Gasteiger partial charge < -0.3 is 10.0 Å². The van der Waals surface area contributed by atoms with E-state index in [1.807, 2.05) is 19.0 Å². The molecule has 1 atom stereocenters. The van der Waals surface area contributed by atoms with Gasteiger partial charge in [-0.05, 0) is 14.1 Å². The van der Waals surface area contributed by atoms with Crippen molar-refractivity contribution in [1.82, 2.24) is 4.90 Å². The SMILES string of the molecule is CC(CN(C)C)C(=O)O. The van der Waals surface area contributed by atoms with E-state index >= 15 is 0 Å². The van der Waals surface area contributed by atoms with Crippen LogP contribution in [0.4, 0.5) is 0 Å². The highest BCUT2D eigenvalue weighted by Crippen LogP contribution is 1.94. The molecule has 0 aromatic heterocycles. The second kappa shape index (κ2) is 3.45. The molecule has 0 saturated carbocycles. The zero-order valence-electron chi connectivity index (χ0n) is 6.09. The normalized spacial score (nSPS) is 13.8. The van der Waals surface area contributed by atoms with Crippen LogP contribution in [0.15, 0.2) is 0 Å². The third-order valence-corrected chi connectivity index (χ3v) is 1.06. The number of aliphatic carboxylic acids is 1. The van der Waals surface area contributed by atoms with Crippen LogP contribution in [0.5, 0.6) is 0 Å². The Kier molecular flexibility index (Phi) is 3.24. The van der Waals surface area contributed by atoms with Crippen LogP contribution in [-0.2, 0) is 4.79 Å². The first-order valence-electron chi connectivity index (χ1n) is 2.91. The summed E-state index contributed by atoms with van der Waals surface area (Å²) >= 11 is 0. The Bertz CT molecular complexity index is 101. The van der Waals surface area contributed by atoms with Crippen LogP contribution in [0.3, 0.4) is 0 Å². The van der Waals surface area contributed by atoms with Crippen molar-refractivity contribution in [3.63, 3.8) is 0 Å². The molecule has 0 heterocycles. The Morgan fingerprint density at radius 3 is 2.22 bits per heavy atom. The van der Waals surface area contributed by atoms with E-state index < -0.39 is 5.97 Å². The van der Waals surface area contributed by atoms with Gasteiger partial charge in [0.25, 0.3) is 0 Å². The summed E-state index contributed by atoms with van der Waals surface area (Å²) in [5.74, 6) is -0.997. The molecule has 0 aromatic rings. The van der Waals surface area contributed by atoms with E-state index in [9.17, 15) is 4.79 Å². The molecule has 0 aliphatic carbocycles. The van der Waals surface area contributed by atoms with Crippen LogP contribution in [0, 0.1) is 5.92 Å². The van der Waals surface area contributed by atoms with Gasteiger partial charge in [0, 0.05) is 6.54 Å². The lowest BCUT2D eigenvalue weighted by Crippen LogP contribution is -2.25. The lowest BCUT2D eigenvalue weighted by molar-refractivity contribution is -0.141. The van der Waals surface area contributed by atoms with Crippen molar-refractivity contribution in [2.75, 3.05) is 20.6 Å². The molecule has 0 aliphatic rings. The zero-order valence-corrected chi connectivity index (χ0v) is 6.09. The van der Waals surface area contributed by atoms with Crippen molar-refractivity contribution in [3.8, 4) is 0 Å². The van der Waals surface area contributed by atoms with E-state index in [1.165, 1.54) is 0 Å². The van der Waals surface area contributed by atoms with Gasteiger partial charge in [0.2, 0.25) is 0 Å². The fraction of sp³-hybridized carbons (Fsp3) is 0.833. The molecule has 3 nitrogen and oxygen atoms in total. The molecule has 0 aromatic carbocycles. The standard InChI is InChI=1S/C6H13NO2/c1-5(6(8)9)4-7(2)3/h5H,4H2,1-3H3,(H,8,9). The molecule has 9 heavy (non-hydrogen) atoms. The van der Waals surface area contributed by atoms with Gasteiger partial charge in [-0.1, -0.05) is 6.92 Å². The molecular formula is C6H13NO2. The van der Waals surface area contributed by atoms with E-state index in [-0.39, 0.29) is 5.92 Å². The first-order valence-corrected chi connectivity index (χ1v) is 2.91. The summed E-state index contributed by atoms with van der Waals surface area (Å²) in [4.78, 5) is 12.1. The predicted molar refractivity (Wildman–Crippen MR) is 35.4 cm³/mol. The zero-order chi connectivity index (χ0) is 7.44. The first kappa shape index (κ1) is 8.43. The quantitative estimate of drug-likeness (QED) is 0.597. The topological polar surface area (TPSA) is 40.5 Å². The molecule has 0 fully saturated rings. The summed E-state index contributed by atoms with van der Waals surface area (Å²) in [6, 6.07) is 0. The molecule has 0 aliphatic heterocycles. The van der Waals surface area contributed by atoms with Crippen LogP contribution in [0.25, 0.3) is 0 Å². The number of hydrogen-bond donors (Lipinski definition) is 1. The molecule has 54 valence electrons. The first-order chi connectivity index (χ1) is 4.04. The van der Waals surface area contributed by atoms with Crippen molar-refractivity contribution in [2.24, 2.45) is 5.92 Å². The Hall–Kier alpha value is -0.570. The van der Waals surface area contributed by atoms with Crippen molar-refractivity contribution in [3.05, 3.63) is 0 Å².